The molecule has 1 heterocycles. The highest BCUT2D eigenvalue weighted by atomic mass is 32.2. The lowest BCUT2D eigenvalue weighted by molar-refractivity contribution is -0.114. The summed E-state index contributed by atoms with van der Waals surface area (Å²) in [5.74, 6) is -0.356. The maximum Gasteiger partial charge on any atom is 0.257 e. The second-order valence-corrected chi connectivity index (χ2v) is 9.07. The Bertz CT molecular complexity index is 1410. The Morgan fingerprint density at radius 3 is 2.44 bits per heavy atom. The molecule has 10 nitrogen and oxygen atoms in total. The van der Waals surface area contributed by atoms with Crippen molar-refractivity contribution in [2.75, 3.05) is 21.6 Å². The number of amides is 2. The molecule has 0 unspecified atom stereocenters. The van der Waals surface area contributed by atoms with E-state index in [2.05, 4.69) is 20.3 Å². The fourth-order valence-electron chi connectivity index (χ4n) is 3.00. The van der Waals surface area contributed by atoms with Gasteiger partial charge in [0.1, 0.15) is 17.4 Å². The van der Waals surface area contributed by atoms with Crippen molar-refractivity contribution in [1.29, 1.82) is 5.26 Å². The van der Waals surface area contributed by atoms with E-state index in [1.54, 1.807) is 37.3 Å². The molecular weight excluding hydrogens is 458 g/mol. The van der Waals surface area contributed by atoms with Gasteiger partial charge < -0.3 is 15.4 Å². The highest BCUT2D eigenvalue weighted by Crippen LogP contribution is 2.28. The first-order valence-electron chi connectivity index (χ1n) is 9.90. The number of aromatic nitrogens is 1. The Morgan fingerprint density at radius 1 is 1.06 bits per heavy atom. The number of carbonyl (C=O) groups excluding carboxylic acids is 2. The van der Waals surface area contributed by atoms with Crippen molar-refractivity contribution >= 4 is 38.9 Å². The van der Waals surface area contributed by atoms with Crippen LogP contribution in [0.5, 0.6) is 11.6 Å². The van der Waals surface area contributed by atoms with Crippen LogP contribution in [0.3, 0.4) is 0 Å². The number of carbonyl (C=O) groups is 2. The number of nitrogens with zero attached hydrogens (tertiary/aromatic N) is 2. The molecular formula is C23H21N5O5S. The lowest BCUT2D eigenvalue weighted by atomic mass is 10.1. The van der Waals surface area contributed by atoms with Gasteiger partial charge >= 0.3 is 0 Å². The SMILES string of the molecule is CC(=O)Nc1ccc(NS(C)(=O)=O)c(C(=O)Nc2ccc(Oc3ncccc3C#N)cc2C)c1. The Hall–Kier alpha value is -4.43. The highest BCUT2D eigenvalue weighted by Gasteiger charge is 2.17. The van der Waals surface area contributed by atoms with Gasteiger partial charge in [0, 0.05) is 24.5 Å². The number of rotatable bonds is 7. The largest absolute Gasteiger partial charge is 0.438 e. The number of ether oxygens (including phenoxy) is 1. The fraction of sp³-hybridized carbons (Fsp3) is 0.130. The number of nitrogens with one attached hydrogen (secondary N) is 3. The van der Waals surface area contributed by atoms with Crippen LogP contribution in [0, 0.1) is 18.3 Å². The average Bonchev–Trinajstić information content (AvgIpc) is 2.75. The van der Waals surface area contributed by atoms with Gasteiger partial charge in [0.15, 0.2) is 0 Å². The van der Waals surface area contributed by atoms with E-state index in [0.717, 1.165) is 6.26 Å². The number of hydrogen-bond acceptors (Lipinski definition) is 7. The van der Waals surface area contributed by atoms with Gasteiger partial charge in [-0.25, -0.2) is 13.4 Å². The first kappa shape index (κ1) is 24.2. The van der Waals surface area contributed by atoms with Crippen molar-refractivity contribution in [2.24, 2.45) is 0 Å². The van der Waals surface area contributed by atoms with Crippen LogP contribution in [0.25, 0.3) is 0 Å². The molecule has 0 aliphatic rings. The quantitative estimate of drug-likeness (QED) is 0.468. The zero-order valence-electron chi connectivity index (χ0n) is 18.5. The Morgan fingerprint density at radius 2 is 1.79 bits per heavy atom. The van der Waals surface area contributed by atoms with Gasteiger partial charge in [-0.2, -0.15) is 5.26 Å². The van der Waals surface area contributed by atoms with Crippen LogP contribution in [-0.4, -0.2) is 31.5 Å². The van der Waals surface area contributed by atoms with E-state index in [9.17, 15) is 23.3 Å². The molecule has 3 aromatic rings. The minimum absolute atomic E-state index is 0.0172. The first-order valence-corrected chi connectivity index (χ1v) is 11.8. The molecule has 0 saturated heterocycles. The van der Waals surface area contributed by atoms with Gasteiger partial charge in [0.25, 0.3) is 5.91 Å². The maximum absolute atomic E-state index is 13.0. The number of hydrogen-bond donors (Lipinski definition) is 3. The number of aryl methyl sites for hydroxylation is 1. The van der Waals surface area contributed by atoms with Crippen LogP contribution in [0.2, 0.25) is 0 Å². The monoisotopic (exact) mass is 479 g/mol. The van der Waals surface area contributed by atoms with E-state index in [1.165, 1.54) is 31.3 Å². The standard InChI is InChI=1S/C23H21N5O5S/c1-14-11-18(33-23-16(13-24)5-4-10-25-23)7-9-20(14)27-22(30)19-12-17(26-15(2)29)6-8-21(19)28-34(3,31)32/h4-12,28H,1-3H3,(H,26,29)(H,27,30). The van der Waals surface area contributed by atoms with Crippen LogP contribution in [-0.2, 0) is 14.8 Å². The van der Waals surface area contributed by atoms with Crippen LogP contribution in [0.15, 0.2) is 54.7 Å². The molecule has 34 heavy (non-hydrogen) atoms. The van der Waals surface area contributed by atoms with Crippen molar-refractivity contribution in [3.05, 3.63) is 71.4 Å². The number of pyridine rings is 1. The lowest BCUT2D eigenvalue weighted by Gasteiger charge is -2.15. The molecule has 11 heteroatoms. The molecule has 3 rings (SSSR count). The molecule has 0 aliphatic carbocycles. The third kappa shape index (κ3) is 6.30. The summed E-state index contributed by atoms with van der Waals surface area (Å²) in [4.78, 5) is 28.5. The number of nitriles is 1. The second-order valence-electron chi connectivity index (χ2n) is 7.32. The van der Waals surface area contributed by atoms with Crippen molar-refractivity contribution in [3.8, 4) is 17.7 Å². The van der Waals surface area contributed by atoms with E-state index >= 15 is 0 Å². The normalized spacial score (nSPS) is 10.6. The molecule has 1 aromatic heterocycles. The van der Waals surface area contributed by atoms with Crippen molar-refractivity contribution in [1.82, 2.24) is 4.98 Å². The summed E-state index contributed by atoms with van der Waals surface area (Å²) in [6.45, 7) is 3.06. The smallest absolute Gasteiger partial charge is 0.257 e. The summed E-state index contributed by atoms with van der Waals surface area (Å²) in [7, 11) is -3.65. The predicted molar refractivity (Wildman–Crippen MR) is 127 cm³/mol. The summed E-state index contributed by atoms with van der Waals surface area (Å²) in [6, 6.07) is 14.3. The lowest BCUT2D eigenvalue weighted by Crippen LogP contribution is -2.18. The van der Waals surface area contributed by atoms with E-state index in [4.69, 9.17) is 4.74 Å². The Balaban J connectivity index is 1.87. The Labute approximate surface area is 196 Å². The third-order valence-corrected chi connectivity index (χ3v) is 5.02. The Kier molecular flexibility index (Phi) is 7.13. The molecule has 174 valence electrons. The number of sulfonamides is 1. The van der Waals surface area contributed by atoms with Gasteiger partial charge in [-0.05, 0) is 61.0 Å². The molecule has 0 fully saturated rings. The molecule has 2 aromatic carbocycles. The van der Waals surface area contributed by atoms with Crippen molar-refractivity contribution in [3.63, 3.8) is 0 Å². The second kappa shape index (κ2) is 10.0. The summed E-state index contributed by atoms with van der Waals surface area (Å²) in [5.41, 5.74) is 1.79. The van der Waals surface area contributed by atoms with Gasteiger partial charge in [-0.3, -0.25) is 14.3 Å². The van der Waals surface area contributed by atoms with E-state index in [0.29, 0.717) is 22.7 Å². The zero-order chi connectivity index (χ0) is 24.9. The number of anilines is 3. The minimum Gasteiger partial charge on any atom is -0.438 e. The van der Waals surface area contributed by atoms with Crippen LogP contribution < -0.4 is 20.1 Å². The zero-order valence-corrected chi connectivity index (χ0v) is 19.4. The molecule has 3 N–H and O–H groups in total. The van der Waals surface area contributed by atoms with Crippen LogP contribution in [0.4, 0.5) is 17.1 Å². The molecule has 0 saturated carbocycles. The average molecular weight is 480 g/mol. The van der Waals surface area contributed by atoms with Gasteiger partial charge in [0.05, 0.1) is 17.5 Å². The number of benzene rings is 2. The minimum atomic E-state index is -3.65. The van der Waals surface area contributed by atoms with Gasteiger partial charge in [-0.15, -0.1) is 0 Å². The molecule has 0 atom stereocenters. The molecule has 0 bridgehead atoms. The van der Waals surface area contributed by atoms with Crippen LogP contribution in [0.1, 0.15) is 28.4 Å². The topological polar surface area (TPSA) is 150 Å². The highest BCUT2D eigenvalue weighted by molar-refractivity contribution is 7.92. The fourth-order valence-corrected chi connectivity index (χ4v) is 3.58. The summed E-state index contributed by atoms with van der Waals surface area (Å²) in [5, 5.41) is 14.5. The summed E-state index contributed by atoms with van der Waals surface area (Å²) >= 11 is 0. The third-order valence-electron chi connectivity index (χ3n) is 4.43. The molecule has 2 amide bonds. The van der Waals surface area contributed by atoms with Crippen molar-refractivity contribution in [2.45, 2.75) is 13.8 Å². The molecule has 0 aliphatic heterocycles. The van der Waals surface area contributed by atoms with E-state index in [1.807, 2.05) is 6.07 Å². The molecule has 0 spiro atoms. The maximum atomic E-state index is 13.0. The first-order chi connectivity index (χ1) is 16.1. The summed E-state index contributed by atoms with van der Waals surface area (Å²) < 4.78 is 31.5. The molecule has 0 radical (unpaired) electrons. The van der Waals surface area contributed by atoms with Gasteiger partial charge in [-0.1, -0.05) is 0 Å². The van der Waals surface area contributed by atoms with E-state index < -0.39 is 15.9 Å². The van der Waals surface area contributed by atoms with Crippen LogP contribution >= 0.6 is 0 Å². The van der Waals surface area contributed by atoms with Crippen molar-refractivity contribution < 1.29 is 22.7 Å². The predicted octanol–water partition coefficient (Wildman–Crippen LogP) is 3.64. The van der Waals surface area contributed by atoms with E-state index in [-0.39, 0.29) is 28.6 Å². The van der Waals surface area contributed by atoms with Gasteiger partial charge in [0.2, 0.25) is 21.8 Å². The summed E-state index contributed by atoms with van der Waals surface area (Å²) in [6.07, 6.45) is 2.48.